The molecular weight excluding hydrogens is 268 g/mol. The molecule has 1 aromatic carbocycles. The molecule has 1 amide bonds. The summed E-state index contributed by atoms with van der Waals surface area (Å²) in [5, 5.41) is 5.17. The van der Waals surface area contributed by atoms with Crippen LogP contribution in [0.4, 0.5) is 11.4 Å². The molecule has 0 unspecified atom stereocenters. The molecule has 2 rings (SSSR count). The third-order valence-electron chi connectivity index (χ3n) is 2.65. The highest BCUT2D eigenvalue weighted by molar-refractivity contribution is 7.13. The zero-order valence-corrected chi connectivity index (χ0v) is 11.7. The summed E-state index contributed by atoms with van der Waals surface area (Å²) < 4.78 is 0. The smallest absolute Gasteiger partial charge is 0.267 e. The molecule has 0 atom stereocenters. The lowest BCUT2D eigenvalue weighted by Gasteiger charge is -2.10. The van der Waals surface area contributed by atoms with Crippen molar-refractivity contribution in [2.75, 3.05) is 11.1 Å². The van der Waals surface area contributed by atoms with Gasteiger partial charge in [-0.1, -0.05) is 23.7 Å². The predicted octanol–water partition coefficient (Wildman–Crippen LogP) is 3.85. The lowest BCUT2D eigenvalue weighted by Crippen LogP contribution is -2.13. The molecular formula is C13H13ClN2OS. The van der Waals surface area contributed by atoms with Crippen molar-refractivity contribution in [3.05, 3.63) is 44.6 Å². The van der Waals surface area contributed by atoms with Gasteiger partial charge < -0.3 is 11.1 Å². The Labute approximate surface area is 115 Å². The lowest BCUT2D eigenvalue weighted by molar-refractivity contribution is 0.103. The van der Waals surface area contributed by atoms with Gasteiger partial charge in [0.25, 0.3) is 5.91 Å². The number of amides is 1. The summed E-state index contributed by atoms with van der Waals surface area (Å²) >= 11 is 7.40. The van der Waals surface area contributed by atoms with E-state index in [1.54, 1.807) is 6.07 Å². The minimum absolute atomic E-state index is 0.223. The average molecular weight is 281 g/mol. The van der Waals surface area contributed by atoms with E-state index in [1.807, 2.05) is 31.4 Å². The van der Waals surface area contributed by atoms with Gasteiger partial charge in [-0.15, -0.1) is 11.3 Å². The van der Waals surface area contributed by atoms with Crippen molar-refractivity contribution in [2.45, 2.75) is 13.8 Å². The lowest BCUT2D eigenvalue weighted by atomic mass is 10.1. The molecule has 0 aliphatic carbocycles. The number of thiophene rings is 1. The second-order valence-electron chi connectivity index (χ2n) is 4.06. The Morgan fingerprint density at radius 3 is 2.61 bits per heavy atom. The molecule has 0 spiro atoms. The summed E-state index contributed by atoms with van der Waals surface area (Å²) in [7, 11) is 0. The van der Waals surface area contributed by atoms with Crippen LogP contribution < -0.4 is 11.1 Å². The summed E-state index contributed by atoms with van der Waals surface area (Å²) in [6, 6.07) is 5.50. The molecule has 0 saturated carbocycles. The van der Waals surface area contributed by atoms with Crippen molar-refractivity contribution in [3.63, 3.8) is 0 Å². The molecule has 94 valence electrons. The summed E-state index contributed by atoms with van der Waals surface area (Å²) in [5.74, 6) is -0.223. The van der Waals surface area contributed by atoms with Crippen LogP contribution in [0.1, 0.15) is 20.8 Å². The van der Waals surface area contributed by atoms with Crippen molar-refractivity contribution in [1.82, 2.24) is 0 Å². The Balaban J connectivity index is 2.30. The minimum atomic E-state index is -0.223. The second-order valence-corrected chi connectivity index (χ2v) is 5.31. The number of carbonyl (C=O) groups excluding carboxylic acids is 1. The Hall–Kier alpha value is -1.52. The topological polar surface area (TPSA) is 55.1 Å². The summed E-state index contributed by atoms with van der Waals surface area (Å²) in [5.41, 5.74) is 8.87. The summed E-state index contributed by atoms with van der Waals surface area (Å²) in [6.45, 7) is 3.77. The third kappa shape index (κ3) is 2.35. The zero-order chi connectivity index (χ0) is 13.3. The largest absolute Gasteiger partial charge is 0.397 e. The average Bonchev–Trinajstić information content (AvgIpc) is 2.65. The van der Waals surface area contributed by atoms with Gasteiger partial charge in [0.15, 0.2) is 0 Å². The van der Waals surface area contributed by atoms with E-state index in [2.05, 4.69) is 5.32 Å². The van der Waals surface area contributed by atoms with E-state index in [0.29, 0.717) is 21.3 Å². The Bertz CT molecular complexity index is 587. The van der Waals surface area contributed by atoms with E-state index >= 15 is 0 Å². The van der Waals surface area contributed by atoms with E-state index in [0.717, 1.165) is 11.1 Å². The van der Waals surface area contributed by atoms with Gasteiger partial charge in [-0.05, 0) is 36.4 Å². The molecule has 18 heavy (non-hydrogen) atoms. The Morgan fingerprint density at radius 2 is 2.06 bits per heavy atom. The van der Waals surface area contributed by atoms with E-state index in [9.17, 15) is 4.79 Å². The van der Waals surface area contributed by atoms with Crippen molar-refractivity contribution in [3.8, 4) is 0 Å². The van der Waals surface area contributed by atoms with Crippen LogP contribution in [-0.4, -0.2) is 5.91 Å². The van der Waals surface area contributed by atoms with Gasteiger partial charge in [0, 0.05) is 0 Å². The Morgan fingerprint density at radius 1 is 1.33 bits per heavy atom. The minimum Gasteiger partial charge on any atom is -0.397 e. The standard InChI is InChI=1S/C13H13ClN2OS/c1-7-4-3-5-9(15)11(7)16-13(17)12-10(14)8(2)6-18-12/h3-6H,15H2,1-2H3,(H,16,17). The maximum Gasteiger partial charge on any atom is 0.267 e. The number of nitrogen functional groups attached to an aromatic ring is 1. The van der Waals surface area contributed by atoms with Gasteiger partial charge in [-0.25, -0.2) is 0 Å². The number of hydrogen-bond acceptors (Lipinski definition) is 3. The first-order valence-electron chi connectivity index (χ1n) is 5.40. The fourth-order valence-electron chi connectivity index (χ4n) is 1.61. The highest BCUT2D eigenvalue weighted by Gasteiger charge is 2.16. The van der Waals surface area contributed by atoms with Crippen LogP contribution in [0.5, 0.6) is 0 Å². The molecule has 0 radical (unpaired) electrons. The van der Waals surface area contributed by atoms with Crippen molar-refractivity contribution < 1.29 is 4.79 Å². The van der Waals surface area contributed by atoms with Crippen molar-refractivity contribution >= 4 is 40.2 Å². The molecule has 1 aromatic heterocycles. The van der Waals surface area contributed by atoms with Crippen LogP contribution >= 0.6 is 22.9 Å². The number of carbonyl (C=O) groups is 1. The van der Waals surface area contributed by atoms with Crippen LogP contribution in [0.15, 0.2) is 23.6 Å². The van der Waals surface area contributed by atoms with Crippen LogP contribution in [-0.2, 0) is 0 Å². The van der Waals surface area contributed by atoms with Gasteiger partial charge >= 0.3 is 0 Å². The number of benzene rings is 1. The number of anilines is 2. The fourth-order valence-corrected chi connectivity index (χ4v) is 2.79. The van der Waals surface area contributed by atoms with Gasteiger partial charge in [-0.2, -0.15) is 0 Å². The number of aryl methyl sites for hydroxylation is 2. The van der Waals surface area contributed by atoms with E-state index in [1.165, 1.54) is 11.3 Å². The van der Waals surface area contributed by atoms with E-state index in [4.69, 9.17) is 17.3 Å². The molecule has 3 N–H and O–H groups in total. The van der Waals surface area contributed by atoms with Gasteiger partial charge in [0.2, 0.25) is 0 Å². The quantitative estimate of drug-likeness (QED) is 0.821. The first-order valence-corrected chi connectivity index (χ1v) is 6.66. The normalized spacial score (nSPS) is 10.4. The monoisotopic (exact) mass is 280 g/mol. The maximum atomic E-state index is 12.1. The molecule has 0 fully saturated rings. The predicted molar refractivity (Wildman–Crippen MR) is 77.6 cm³/mol. The van der Waals surface area contributed by atoms with Gasteiger partial charge in [0.05, 0.1) is 16.4 Å². The van der Waals surface area contributed by atoms with Crippen LogP contribution in [0.25, 0.3) is 0 Å². The number of nitrogens with two attached hydrogens (primary N) is 1. The molecule has 1 heterocycles. The highest BCUT2D eigenvalue weighted by atomic mass is 35.5. The SMILES string of the molecule is Cc1csc(C(=O)Nc2c(C)cccc2N)c1Cl. The molecule has 5 heteroatoms. The fraction of sp³-hybridized carbons (Fsp3) is 0.154. The molecule has 0 saturated heterocycles. The molecule has 0 aliphatic rings. The van der Waals surface area contributed by atoms with Crippen LogP contribution in [0.3, 0.4) is 0 Å². The van der Waals surface area contributed by atoms with Gasteiger partial charge in [-0.3, -0.25) is 4.79 Å². The molecule has 2 aromatic rings. The molecule has 0 bridgehead atoms. The van der Waals surface area contributed by atoms with Gasteiger partial charge in [0.1, 0.15) is 4.88 Å². The van der Waals surface area contributed by atoms with Crippen molar-refractivity contribution in [1.29, 1.82) is 0 Å². The van der Waals surface area contributed by atoms with Crippen LogP contribution in [0, 0.1) is 13.8 Å². The number of nitrogens with one attached hydrogen (secondary N) is 1. The zero-order valence-electron chi connectivity index (χ0n) is 10.1. The number of rotatable bonds is 2. The maximum absolute atomic E-state index is 12.1. The highest BCUT2D eigenvalue weighted by Crippen LogP contribution is 2.29. The van der Waals surface area contributed by atoms with E-state index in [-0.39, 0.29) is 5.91 Å². The molecule has 3 nitrogen and oxygen atoms in total. The number of hydrogen-bond donors (Lipinski definition) is 2. The third-order valence-corrected chi connectivity index (χ3v) is 4.34. The summed E-state index contributed by atoms with van der Waals surface area (Å²) in [4.78, 5) is 12.6. The van der Waals surface area contributed by atoms with E-state index < -0.39 is 0 Å². The number of para-hydroxylation sites is 1. The first kappa shape index (κ1) is 12.9. The van der Waals surface area contributed by atoms with Crippen LogP contribution in [0.2, 0.25) is 5.02 Å². The molecule has 0 aliphatic heterocycles. The Kier molecular flexibility index (Phi) is 3.59. The first-order chi connectivity index (χ1) is 8.50. The second kappa shape index (κ2) is 5.00. The van der Waals surface area contributed by atoms with Crippen molar-refractivity contribution in [2.24, 2.45) is 0 Å². The summed E-state index contributed by atoms with van der Waals surface area (Å²) in [6.07, 6.45) is 0. The number of halogens is 1.